The Morgan fingerprint density at radius 3 is 3.02 bits per heavy atom. The molecule has 5 atom stereocenters. The Kier molecular flexibility index (Phi) is 10.5. The minimum atomic E-state index is -0.275. The van der Waals surface area contributed by atoms with Gasteiger partial charge in [-0.15, -0.1) is 12.8 Å². The van der Waals surface area contributed by atoms with Crippen LogP contribution in [-0.2, 0) is 9.53 Å². The summed E-state index contributed by atoms with van der Waals surface area (Å²) in [6, 6.07) is -0.273. The molecule has 0 radical (unpaired) electrons. The number of nitrogens with zero attached hydrogens (tertiary/aromatic N) is 4. The summed E-state index contributed by atoms with van der Waals surface area (Å²) in [4.78, 5) is 18.6. The summed E-state index contributed by atoms with van der Waals surface area (Å²) in [7, 11) is 2.06. The number of likely N-dealkylation sites (N-methyl/N-ethyl adjacent to an activating group) is 1. The molecule has 3 aliphatic heterocycles. The number of terminal acetylenes is 2. The smallest absolute Gasteiger partial charge is 0.298 e. The molecule has 4 rings (SSSR count). The third kappa shape index (κ3) is 7.15. The number of allylic oxidation sites excluding steroid dienone is 3. The molecular formula is C33H37N5O2. The van der Waals surface area contributed by atoms with E-state index in [-0.39, 0.29) is 36.1 Å². The summed E-state index contributed by atoms with van der Waals surface area (Å²) in [5, 5.41) is 4.49. The lowest BCUT2D eigenvalue weighted by molar-refractivity contribution is -0.129. The molecule has 0 bridgehead atoms. The zero-order valence-electron chi connectivity index (χ0n) is 23.1. The van der Waals surface area contributed by atoms with Crippen molar-refractivity contribution in [2.45, 2.75) is 62.8 Å². The van der Waals surface area contributed by atoms with Crippen molar-refractivity contribution in [3.8, 4) is 48.4 Å². The maximum atomic E-state index is 12.3. The van der Waals surface area contributed by atoms with Gasteiger partial charge in [0, 0.05) is 50.3 Å². The van der Waals surface area contributed by atoms with Crippen LogP contribution in [0.25, 0.3) is 0 Å². The van der Waals surface area contributed by atoms with Gasteiger partial charge in [-0.05, 0) is 31.6 Å². The van der Waals surface area contributed by atoms with E-state index >= 15 is 0 Å². The highest BCUT2D eigenvalue weighted by atomic mass is 16.5. The highest BCUT2D eigenvalue weighted by Gasteiger charge is 2.47. The Labute approximate surface area is 238 Å². The first-order valence-corrected chi connectivity index (χ1v) is 13.8. The average Bonchev–Trinajstić information content (AvgIpc) is 3.24. The molecule has 2 saturated heterocycles. The molecule has 0 aromatic carbocycles. The van der Waals surface area contributed by atoms with Crippen LogP contribution in [-0.4, -0.2) is 78.0 Å². The van der Waals surface area contributed by atoms with Gasteiger partial charge in [0.1, 0.15) is 11.9 Å². The number of carbonyl (C=O) groups is 1. The lowest BCUT2D eigenvalue weighted by atomic mass is 9.91. The van der Waals surface area contributed by atoms with Crippen molar-refractivity contribution in [3.05, 3.63) is 47.9 Å². The summed E-state index contributed by atoms with van der Waals surface area (Å²) in [5.41, 5.74) is 7.56. The first-order valence-electron chi connectivity index (χ1n) is 13.8. The van der Waals surface area contributed by atoms with E-state index in [9.17, 15) is 4.79 Å². The standard InChI is InChI=1S/C33H37N5O2/c1-4-6-8-15-26(16-14-23-40-28-18-9-7-10-19-28)24-30-32-29(20-11-12-21-35-33(32)34)38(36(30)3)27-17-13-22-37(25-27)31(39)5-2/h1-2,7,9-10,14,16,18,21,26-30H,6,12-13,17,19,22-25,34H2,3H3/b16-14-,33-32+,35-21?. The number of likely N-dealkylation sites (tertiary alicyclic amines) is 1. The number of nitrogens with two attached hydrogens (primary N) is 1. The molecule has 1 amide bonds. The Morgan fingerprint density at radius 1 is 1.38 bits per heavy atom. The number of aliphatic imine (C=N–C) groups is 1. The first kappa shape index (κ1) is 29.0. The zero-order chi connectivity index (χ0) is 28.3. The van der Waals surface area contributed by atoms with Crippen molar-refractivity contribution < 1.29 is 9.53 Å². The van der Waals surface area contributed by atoms with Gasteiger partial charge in [0.05, 0.1) is 25.2 Å². The van der Waals surface area contributed by atoms with E-state index in [0.29, 0.717) is 44.8 Å². The third-order valence-electron chi connectivity index (χ3n) is 7.54. The Morgan fingerprint density at radius 2 is 2.25 bits per heavy atom. The molecule has 7 nitrogen and oxygen atoms in total. The topological polar surface area (TPSA) is 74.4 Å². The highest BCUT2D eigenvalue weighted by Crippen LogP contribution is 2.37. The van der Waals surface area contributed by atoms with Crippen LogP contribution < -0.4 is 5.73 Å². The van der Waals surface area contributed by atoms with Gasteiger partial charge in [0.25, 0.3) is 5.91 Å². The number of amides is 1. The molecule has 0 aromatic heterocycles. The van der Waals surface area contributed by atoms with Gasteiger partial charge >= 0.3 is 0 Å². The Balaban J connectivity index is 1.58. The molecule has 2 N–H and O–H groups in total. The second-order valence-corrected chi connectivity index (χ2v) is 10.1. The molecule has 4 aliphatic rings. The molecule has 0 saturated carbocycles. The van der Waals surface area contributed by atoms with Crippen LogP contribution in [0.4, 0.5) is 0 Å². The predicted octanol–water partition coefficient (Wildman–Crippen LogP) is 2.65. The fraction of sp³-hybridized carbons (Fsp3) is 0.455. The maximum Gasteiger partial charge on any atom is 0.298 e. The largest absolute Gasteiger partial charge is 0.384 e. The molecule has 7 heteroatoms. The summed E-state index contributed by atoms with van der Waals surface area (Å²) < 4.78 is 5.98. The van der Waals surface area contributed by atoms with Gasteiger partial charge in [0.2, 0.25) is 0 Å². The normalized spacial score (nSPS) is 28.8. The van der Waals surface area contributed by atoms with Crippen molar-refractivity contribution in [2.75, 3.05) is 26.7 Å². The summed E-state index contributed by atoms with van der Waals surface area (Å²) in [6.07, 6.45) is 29.4. The van der Waals surface area contributed by atoms with E-state index < -0.39 is 0 Å². The predicted molar refractivity (Wildman–Crippen MR) is 159 cm³/mol. The van der Waals surface area contributed by atoms with Gasteiger partial charge < -0.3 is 15.4 Å². The van der Waals surface area contributed by atoms with Crippen molar-refractivity contribution in [3.63, 3.8) is 0 Å². The van der Waals surface area contributed by atoms with Crippen LogP contribution >= 0.6 is 0 Å². The van der Waals surface area contributed by atoms with E-state index in [1.165, 1.54) is 0 Å². The molecular weight excluding hydrogens is 498 g/mol. The summed E-state index contributed by atoms with van der Waals surface area (Å²) in [6.45, 7) is 1.70. The second kappa shape index (κ2) is 14.4. The Hall–Kier alpha value is -3.98. The third-order valence-corrected chi connectivity index (χ3v) is 7.54. The van der Waals surface area contributed by atoms with E-state index in [4.69, 9.17) is 23.3 Å². The van der Waals surface area contributed by atoms with Gasteiger partial charge in [-0.2, -0.15) is 0 Å². The van der Waals surface area contributed by atoms with Gasteiger partial charge in [-0.3, -0.25) is 4.79 Å². The van der Waals surface area contributed by atoms with Crippen molar-refractivity contribution in [1.82, 2.24) is 14.9 Å². The van der Waals surface area contributed by atoms with Crippen LogP contribution in [0.3, 0.4) is 0 Å². The Bertz CT molecular complexity index is 1300. The lowest BCUT2D eigenvalue weighted by Crippen LogP contribution is -2.55. The fourth-order valence-corrected chi connectivity index (χ4v) is 5.68. The SMILES string of the molecule is C#CCC#CC(/C=C\COC1C=CC=CC1)CC1/C2=C(\N)N=CCC#CC2N(C2CCCN(C(=O)C#C)C2)N1C. The summed E-state index contributed by atoms with van der Waals surface area (Å²) in [5.74, 6) is 18.2. The van der Waals surface area contributed by atoms with Crippen LogP contribution in [0.2, 0.25) is 0 Å². The van der Waals surface area contributed by atoms with E-state index in [1.54, 1.807) is 11.1 Å². The van der Waals surface area contributed by atoms with E-state index in [1.807, 2.05) is 18.2 Å². The molecule has 40 heavy (non-hydrogen) atoms. The van der Waals surface area contributed by atoms with Crippen LogP contribution in [0.1, 0.15) is 38.5 Å². The number of piperidine rings is 1. The van der Waals surface area contributed by atoms with Gasteiger partial charge in [-0.25, -0.2) is 15.0 Å². The number of ether oxygens (including phenoxy) is 1. The van der Waals surface area contributed by atoms with Crippen molar-refractivity contribution >= 4 is 12.1 Å². The van der Waals surface area contributed by atoms with Gasteiger partial charge in [0.15, 0.2) is 0 Å². The molecule has 0 aromatic rings. The van der Waals surface area contributed by atoms with Crippen LogP contribution in [0.15, 0.2) is 52.8 Å². The van der Waals surface area contributed by atoms with E-state index in [2.05, 4.69) is 75.8 Å². The van der Waals surface area contributed by atoms with Gasteiger partial charge in [-0.1, -0.05) is 66.1 Å². The molecule has 206 valence electrons. The monoisotopic (exact) mass is 535 g/mol. The van der Waals surface area contributed by atoms with Crippen molar-refractivity contribution in [2.24, 2.45) is 16.6 Å². The minimum absolute atomic E-state index is 0.0547. The molecule has 0 spiro atoms. The first-order chi connectivity index (χ1) is 19.5. The lowest BCUT2D eigenvalue weighted by Gasteiger charge is -2.41. The number of fused-ring (bicyclic) bond motifs is 1. The molecule has 3 heterocycles. The summed E-state index contributed by atoms with van der Waals surface area (Å²) >= 11 is 0. The fourth-order valence-electron chi connectivity index (χ4n) is 5.68. The minimum Gasteiger partial charge on any atom is -0.384 e. The highest BCUT2D eigenvalue weighted by molar-refractivity contribution is 5.93. The number of hydrogen-bond donors (Lipinski definition) is 1. The maximum absolute atomic E-state index is 12.3. The molecule has 5 unspecified atom stereocenters. The van der Waals surface area contributed by atoms with Crippen molar-refractivity contribution in [1.29, 1.82) is 0 Å². The number of rotatable bonds is 7. The second-order valence-electron chi connectivity index (χ2n) is 10.1. The average molecular weight is 536 g/mol. The number of hydrogen-bond acceptors (Lipinski definition) is 6. The van der Waals surface area contributed by atoms with E-state index in [0.717, 1.165) is 24.8 Å². The molecule has 2 fully saturated rings. The number of hydrazine groups is 1. The van der Waals surface area contributed by atoms with Crippen LogP contribution in [0.5, 0.6) is 0 Å². The number of carbonyl (C=O) groups excluding carboxylic acids is 1. The molecule has 1 aliphatic carbocycles. The quantitative estimate of drug-likeness (QED) is 0.401. The zero-order valence-corrected chi connectivity index (χ0v) is 23.1. The van der Waals surface area contributed by atoms with Crippen LogP contribution in [0, 0.1) is 54.3 Å².